The van der Waals surface area contributed by atoms with Gasteiger partial charge in [-0.05, 0) is 77.0 Å². The molecule has 0 aromatic carbocycles. The molecule has 0 amide bonds. The summed E-state index contributed by atoms with van der Waals surface area (Å²) < 4.78 is 21.8. The molecule has 6 atom stereocenters. The molecule has 0 aromatic rings. The summed E-state index contributed by atoms with van der Waals surface area (Å²) in [6, 6.07) is 0. The van der Waals surface area contributed by atoms with Crippen molar-refractivity contribution in [3.8, 4) is 0 Å². The first-order valence-electron chi connectivity index (χ1n) is 24.8. The molecule has 1 fully saturated rings. The summed E-state index contributed by atoms with van der Waals surface area (Å²) >= 11 is 0. The van der Waals surface area contributed by atoms with Crippen molar-refractivity contribution in [3.05, 3.63) is 60.8 Å². The summed E-state index contributed by atoms with van der Waals surface area (Å²) in [6.45, 7) is 3.69. The maximum atomic E-state index is 12.8. The third-order valence-corrected chi connectivity index (χ3v) is 11.1. The molecule has 63 heavy (non-hydrogen) atoms. The quantitative estimate of drug-likeness (QED) is 0.0262. The van der Waals surface area contributed by atoms with Gasteiger partial charge in [0.2, 0.25) is 0 Å². The van der Waals surface area contributed by atoms with Gasteiger partial charge in [0.15, 0.2) is 18.5 Å². The lowest BCUT2D eigenvalue weighted by Crippen LogP contribution is -2.60. The molecule has 0 aromatic heterocycles. The van der Waals surface area contributed by atoms with Crippen LogP contribution in [0.2, 0.25) is 0 Å². The lowest BCUT2D eigenvalue weighted by atomic mass is 9.99. The Morgan fingerprint density at radius 1 is 0.508 bits per heavy atom. The molecule has 1 saturated heterocycles. The number of esters is 2. The minimum absolute atomic E-state index is 0.169. The number of aliphatic carboxylic acids is 1. The summed E-state index contributed by atoms with van der Waals surface area (Å²) in [5.41, 5.74) is 0. The van der Waals surface area contributed by atoms with Crippen molar-refractivity contribution in [3.63, 3.8) is 0 Å². The first-order valence-corrected chi connectivity index (χ1v) is 24.8. The van der Waals surface area contributed by atoms with Crippen LogP contribution in [0, 0.1) is 0 Å². The Morgan fingerprint density at radius 2 is 0.937 bits per heavy atom. The second-order valence-electron chi connectivity index (χ2n) is 16.9. The zero-order chi connectivity index (χ0) is 46.0. The lowest BCUT2D eigenvalue weighted by molar-refractivity contribution is -0.298. The number of carbonyl (C=O) groups is 3. The van der Waals surface area contributed by atoms with Gasteiger partial charge in [-0.25, -0.2) is 4.79 Å². The van der Waals surface area contributed by atoms with E-state index in [0.29, 0.717) is 12.8 Å². The number of rotatable bonds is 41. The van der Waals surface area contributed by atoms with Crippen LogP contribution in [0.25, 0.3) is 0 Å². The van der Waals surface area contributed by atoms with Crippen molar-refractivity contribution in [2.45, 2.75) is 237 Å². The Labute approximate surface area is 381 Å². The molecule has 0 aliphatic carbocycles. The van der Waals surface area contributed by atoms with Crippen LogP contribution in [0.3, 0.4) is 0 Å². The van der Waals surface area contributed by atoms with Gasteiger partial charge in [0.1, 0.15) is 24.9 Å². The molecule has 1 rings (SSSR count). The fourth-order valence-electron chi connectivity index (χ4n) is 7.22. The Balaban J connectivity index is 2.32. The molecular formula is C52H88O11. The number of aliphatic hydroxyl groups is 3. The summed E-state index contributed by atoms with van der Waals surface area (Å²) in [6.07, 6.45) is 42.6. The van der Waals surface area contributed by atoms with Crippen molar-refractivity contribution in [2.75, 3.05) is 13.2 Å². The summed E-state index contributed by atoms with van der Waals surface area (Å²) in [5.74, 6) is -2.47. The average Bonchev–Trinajstić information content (AvgIpc) is 3.27. The van der Waals surface area contributed by atoms with E-state index in [4.69, 9.17) is 18.9 Å². The topological polar surface area (TPSA) is 169 Å². The first kappa shape index (κ1) is 57.9. The lowest BCUT2D eigenvalue weighted by Gasteiger charge is -2.38. The largest absolute Gasteiger partial charge is 0.479 e. The van der Waals surface area contributed by atoms with Crippen LogP contribution in [-0.4, -0.2) is 88.4 Å². The van der Waals surface area contributed by atoms with Gasteiger partial charge in [-0.1, -0.05) is 171 Å². The third kappa shape index (κ3) is 33.1. The van der Waals surface area contributed by atoms with E-state index in [-0.39, 0.29) is 19.4 Å². The number of carboxylic acids is 1. The SMILES string of the molecule is CC/C=C\C/C=C\C/C=C\C/C=C\CCCCCCCCCCC(=O)OCC(COC1OC(C(=O)O)C(O)C(O)C1O)OC(=O)CCCCCCC/C=C\CCCCCCCCC. The van der Waals surface area contributed by atoms with Crippen LogP contribution in [0.1, 0.15) is 200 Å². The normalized spacial score (nSPS) is 19.9. The highest BCUT2D eigenvalue weighted by atomic mass is 16.7. The number of allylic oxidation sites excluding steroid dienone is 10. The summed E-state index contributed by atoms with van der Waals surface area (Å²) in [4.78, 5) is 36.9. The standard InChI is InChI=1S/C52H88O11/c1-3-5-7-9-11-13-15-17-19-21-22-23-24-25-27-28-30-32-34-36-38-40-45(53)60-42-44(43-61-52-49(57)47(55)48(56)50(63-52)51(58)59)62-46(54)41-39-37-35-33-31-29-26-20-18-16-14-12-10-8-6-4-2/h5,7,11,13,17,19-20,22-23,26,44,47-50,52,55-57H,3-4,6,8-10,12,14-16,18,21,24-25,27-43H2,1-2H3,(H,58,59)/b7-5-,13-11-,19-17-,23-22-,26-20-. The fourth-order valence-corrected chi connectivity index (χ4v) is 7.22. The predicted octanol–water partition coefficient (Wildman–Crippen LogP) is 11.5. The molecule has 1 aliphatic rings. The number of aliphatic hydroxyl groups excluding tert-OH is 3. The molecule has 0 saturated carbocycles. The van der Waals surface area contributed by atoms with Crippen molar-refractivity contribution in [2.24, 2.45) is 0 Å². The molecule has 1 aliphatic heterocycles. The van der Waals surface area contributed by atoms with Crippen LogP contribution in [0.15, 0.2) is 60.8 Å². The fraction of sp³-hybridized carbons (Fsp3) is 0.750. The Kier molecular flexibility index (Phi) is 38.3. The van der Waals surface area contributed by atoms with Gasteiger partial charge in [-0.3, -0.25) is 9.59 Å². The van der Waals surface area contributed by atoms with E-state index in [1.165, 1.54) is 70.6 Å². The number of ether oxygens (including phenoxy) is 4. The van der Waals surface area contributed by atoms with Gasteiger partial charge in [0, 0.05) is 12.8 Å². The maximum absolute atomic E-state index is 12.8. The zero-order valence-corrected chi connectivity index (χ0v) is 39.3. The Hall–Kier alpha value is -3.09. The number of hydrogen-bond acceptors (Lipinski definition) is 10. The number of carbonyl (C=O) groups excluding carboxylic acids is 2. The van der Waals surface area contributed by atoms with Crippen LogP contribution >= 0.6 is 0 Å². The smallest absolute Gasteiger partial charge is 0.335 e. The molecule has 11 nitrogen and oxygen atoms in total. The monoisotopic (exact) mass is 889 g/mol. The highest BCUT2D eigenvalue weighted by Crippen LogP contribution is 2.23. The van der Waals surface area contributed by atoms with Gasteiger partial charge in [0.05, 0.1) is 6.61 Å². The zero-order valence-electron chi connectivity index (χ0n) is 39.3. The number of carboxylic acid groups (broad SMARTS) is 1. The second kappa shape index (κ2) is 41.6. The van der Waals surface area contributed by atoms with Crippen molar-refractivity contribution in [1.82, 2.24) is 0 Å². The Bertz CT molecular complexity index is 1270. The van der Waals surface area contributed by atoms with E-state index < -0.39 is 61.3 Å². The van der Waals surface area contributed by atoms with Crippen molar-refractivity contribution >= 4 is 17.9 Å². The minimum Gasteiger partial charge on any atom is -0.479 e. The summed E-state index contributed by atoms with van der Waals surface area (Å²) in [5, 5.41) is 39.9. The average molecular weight is 889 g/mol. The van der Waals surface area contributed by atoms with E-state index in [2.05, 4.69) is 74.6 Å². The third-order valence-electron chi connectivity index (χ3n) is 11.1. The van der Waals surface area contributed by atoms with Crippen LogP contribution < -0.4 is 0 Å². The molecule has 11 heteroatoms. The van der Waals surface area contributed by atoms with Crippen LogP contribution in [0.4, 0.5) is 0 Å². The first-order chi connectivity index (χ1) is 30.7. The van der Waals surface area contributed by atoms with Crippen molar-refractivity contribution < 1.29 is 53.8 Å². The van der Waals surface area contributed by atoms with Gasteiger partial charge >= 0.3 is 17.9 Å². The summed E-state index contributed by atoms with van der Waals surface area (Å²) in [7, 11) is 0. The molecule has 0 bridgehead atoms. The van der Waals surface area contributed by atoms with Crippen LogP contribution in [0.5, 0.6) is 0 Å². The molecule has 0 radical (unpaired) electrons. The van der Waals surface area contributed by atoms with Gasteiger partial charge < -0.3 is 39.4 Å². The van der Waals surface area contributed by atoms with E-state index in [0.717, 1.165) is 89.9 Å². The van der Waals surface area contributed by atoms with Crippen LogP contribution in [-0.2, 0) is 33.3 Å². The molecule has 1 heterocycles. The molecule has 362 valence electrons. The maximum Gasteiger partial charge on any atom is 0.335 e. The Morgan fingerprint density at radius 3 is 1.43 bits per heavy atom. The number of hydrogen-bond donors (Lipinski definition) is 4. The molecular weight excluding hydrogens is 801 g/mol. The second-order valence-corrected chi connectivity index (χ2v) is 16.9. The molecule has 4 N–H and O–H groups in total. The predicted molar refractivity (Wildman–Crippen MR) is 252 cm³/mol. The molecule has 6 unspecified atom stereocenters. The van der Waals surface area contributed by atoms with Gasteiger partial charge in [-0.2, -0.15) is 0 Å². The highest BCUT2D eigenvalue weighted by Gasteiger charge is 2.47. The van der Waals surface area contributed by atoms with E-state index >= 15 is 0 Å². The van der Waals surface area contributed by atoms with Crippen molar-refractivity contribution in [1.29, 1.82) is 0 Å². The van der Waals surface area contributed by atoms with E-state index in [1.807, 2.05) is 0 Å². The number of unbranched alkanes of at least 4 members (excludes halogenated alkanes) is 20. The van der Waals surface area contributed by atoms with E-state index in [1.54, 1.807) is 0 Å². The van der Waals surface area contributed by atoms with E-state index in [9.17, 15) is 34.8 Å². The molecule has 0 spiro atoms. The minimum atomic E-state index is -1.87. The van der Waals surface area contributed by atoms with Gasteiger partial charge in [0.25, 0.3) is 0 Å². The van der Waals surface area contributed by atoms with Gasteiger partial charge in [-0.15, -0.1) is 0 Å². The highest BCUT2D eigenvalue weighted by molar-refractivity contribution is 5.73.